The third-order valence-corrected chi connectivity index (χ3v) is 4.26. The van der Waals surface area contributed by atoms with E-state index in [0.717, 1.165) is 29.9 Å². The summed E-state index contributed by atoms with van der Waals surface area (Å²) in [4.78, 5) is 12.1. The summed E-state index contributed by atoms with van der Waals surface area (Å²) in [7, 11) is 1.66. The average molecular weight is 341 g/mol. The van der Waals surface area contributed by atoms with Gasteiger partial charge >= 0.3 is 0 Å². The molecular weight excluding hydrogens is 314 g/mol. The molecule has 2 rings (SSSR count). The predicted octanol–water partition coefficient (Wildman–Crippen LogP) is 3.83. The maximum atomic E-state index is 12.1. The zero-order valence-electron chi connectivity index (χ0n) is 15.5. The first-order chi connectivity index (χ1) is 12.0. The first kappa shape index (κ1) is 18.8. The van der Waals surface area contributed by atoms with Gasteiger partial charge in [0.1, 0.15) is 11.5 Å². The van der Waals surface area contributed by atoms with Crippen LogP contribution >= 0.6 is 0 Å². The summed E-state index contributed by atoms with van der Waals surface area (Å²) in [6, 6.07) is 13.9. The van der Waals surface area contributed by atoms with Crippen LogP contribution in [0.5, 0.6) is 11.5 Å². The van der Waals surface area contributed by atoms with Crippen LogP contribution < -0.4 is 14.8 Å². The van der Waals surface area contributed by atoms with Crippen LogP contribution in [0.3, 0.4) is 0 Å². The summed E-state index contributed by atoms with van der Waals surface area (Å²) in [6.07, 6.45) is 1.29. The van der Waals surface area contributed by atoms with Crippen molar-refractivity contribution in [2.75, 3.05) is 13.7 Å². The fourth-order valence-corrected chi connectivity index (χ4v) is 2.48. The van der Waals surface area contributed by atoms with Gasteiger partial charge in [0, 0.05) is 6.54 Å². The molecule has 0 saturated heterocycles. The molecule has 1 N–H and O–H groups in total. The van der Waals surface area contributed by atoms with Crippen LogP contribution in [-0.2, 0) is 11.2 Å². The van der Waals surface area contributed by atoms with Gasteiger partial charge in [-0.15, -0.1) is 0 Å². The number of hydrogen-bond donors (Lipinski definition) is 1. The number of hydrogen-bond acceptors (Lipinski definition) is 3. The van der Waals surface area contributed by atoms with E-state index >= 15 is 0 Å². The van der Waals surface area contributed by atoms with Gasteiger partial charge in [0.15, 0.2) is 6.10 Å². The zero-order chi connectivity index (χ0) is 18.2. The standard InChI is InChI=1S/C21H27NO3/c1-15-7-10-20(14-16(15)2)25-17(3)21(23)22-13-5-6-18-8-11-19(24-4)12-9-18/h7-12,14,17H,5-6,13H2,1-4H3,(H,22,23). The normalized spacial score (nSPS) is 11.7. The zero-order valence-corrected chi connectivity index (χ0v) is 15.5. The summed E-state index contributed by atoms with van der Waals surface area (Å²) in [5, 5.41) is 2.93. The number of methoxy groups -OCH3 is 1. The van der Waals surface area contributed by atoms with Crippen LogP contribution in [0.2, 0.25) is 0 Å². The van der Waals surface area contributed by atoms with E-state index in [1.165, 1.54) is 11.1 Å². The van der Waals surface area contributed by atoms with Gasteiger partial charge in [-0.25, -0.2) is 0 Å². The van der Waals surface area contributed by atoms with Crippen molar-refractivity contribution in [1.82, 2.24) is 5.32 Å². The molecule has 1 atom stereocenters. The van der Waals surface area contributed by atoms with E-state index in [2.05, 4.69) is 12.2 Å². The molecule has 134 valence electrons. The van der Waals surface area contributed by atoms with Crippen molar-refractivity contribution in [3.8, 4) is 11.5 Å². The minimum Gasteiger partial charge on any atom is -0.497 e. The van der Waals surface area contributed by atoms with Crippen molar-refractivity contribution >= 4 is 5.91 Å². The number of nitrogens with one attached hydrogen (secondary N) is 1. The van der Waals surface area contributed by atoms with Crippen LogP contribution in [0.15, 0.2) is 42.5 Å². The molecule has 4 heteroatoms. The number of aryl methyl sites for hydroxylation is 3. The SMILES string of the molecule is COc1ccc(CCCNC(=O)C(C)Oc2ccc(C)c(C)c2)cc1. The molecule has 0 radical (unpaired) electrons. The third-order valence-electron chi connectivity index (χ3n) is 4.26. The highest BCUT2D eigenvalue weighted by Crippen LogP contribution is 2.17. The monoisotopic (exact) mass is 341 g/mol. The molecule has 1 amide bonds. The molecule has 0 aliphatic rings. The lowest BCUT2D eigenvalue weighted by Crippen LogP contribution is -2.36. The van der Waals surface area contributed by atoms with E-state index in [9.17, 15) is 4.79 Å². The van der Waals surface area contributed by atoms with Crippen molar-refractivity contribution in [1.29, 1.82) is 0 Å². The first-order valence-corrected chi connectivity index (χ1v) is 8.64. The number of amides is 1. The van der Waals surface area contributed by atoms with Gasteiger partial charge in [0.2, 0.25) is 0 Å². The molecule has 0 aliphatic heterocycles. The number of ether oxygens (including phenoxy) is 2. The fourth-order valence-electron chi connectivity index (χ4n) is 2.48. The second-order valence-electron chi connectivity index (χ2n) is 6.25. The van der Waals surface area contributed by atoms with E-state index in [1.54, 1.807) is 14.0 Å². The topological polar surface area (TPSA) is 47.6 Å². The summed E-state index contributed by atoms with van der Waals surface area (Å²) < 4.78 is 10.9. The number of benzene rings is 2. The highest BCUT2D eigenvalue weighted by Gasteiger charge is 2.14. The van der Waals surface area contributed by atoms with Crippen molar-refractivity contribution < 1.29 is 14.3 Å². The lowest BCUT2D eigenvalue weighted by molar-refractivity contribution is -0.127. The van der Waals surface area contributed by atoms with Crippen molar-refractivity contribution in [3.05, 3.63) is 59.2 Å². The van der Waals surface area contributed by atoms with E-state index in [1.807, 2.05) is 49.4 Å². The summed E-state index contributed by atoms with van der Waals surface area (Å²) in [5.74, 6) is 1.49. The molecular formula is C21H27NO3. The molecule has 4 nitrogen and oxygen atoms in total. The van der Waals surface area contributed by atoms with Gasteiger partial charge < -0.3 is 14.8 Å². The summed E-state index contributed by atoms with van der Waals surface area (Å²) in [6.45, 7) is 6.49. The summed E-state index contributed by atoms with van der Waals surface area (Å²) in [5.41, 5.74) is 3.60. The molecule has 2 aromatic carbocycles. The van der Waals surface area contributed by atoms with Gasteiger partial charge in [-0.1, -0.05) is 18.2 Å². The predicted molar refractivity (Wildman–Crippen MR) is 100 cm³/mol. The third kappa shape index (κ3) is 5.82. The van der Waals surface area contributed by atoms with Gasteiger partial charge in [0.25, 0.3) is 5.91 Å². The number of rotatable bonds is 8. The second kappa shape index (κ2) is 9.11. The van der Waals surface area contributed by atoms with E-state index in [0.29, 0.717) is 6.54 Å². The minimum atomic E-state index is -0.511. The van der Waals surface area contributed by atoms with E-state index < -0.39 is 6.10 Å². The first-order valence-electron chi connectivity index (χ1n) is 8.64. The molecule has 25 heavy (non-hydrogen) atoms. The maximum absolute atomic E-state index is 12.1. The van der Waals surface area contributed by atoms with E-state index in [4.69, 9.17) is 9.47 Å². The Morgan fingerprint density at radius 3 is 2.36 bits per heavy atom. The van der Waals surface area contributed by atoms with Crippen LogP contribution in [0.25, 0.3) is 0 Å². The maximum Gasteiger partial charge on any atom is 0.260 e. The Hall–Kier alpha value is -2.49. The lowest BCUT2D eigenvalue weighted by atomic mass is 10.1. The van der Waals surface area contributed by atoms with Gasteiger partial charge in [-0.3, -0.25) is 4.79 Å². The molecule has 1 unspecified atom stereocenters. The smallest absolute Gasteiger partial charge is 0.260 e. The molecule has 0 bridgehead atoms. The molecule has 0 heterocycles. The Morgan fingerprint density at radius 2 is 1.72 bits per heavy atom. The molecule has 0 saturated carbocycles. The Labute approximate surface area is 150 Å². The van der Waals surface area contributed by atoms with Crippen LogP contribution in [0.4, 0.5) is 0 Å². The largest absolute Gasteiger partial charge is 0.497 e. The molecule has 0 spiro atoms. The number of carbonyl (C=O) groups excluding carboxylic acids is 1. The van der Waals surface area contributed by atoms with Crippen LogP contribution in [-0.4, -0.2) is 25.7 Å². The highest BCUT2D eigenvalue weighted by atomic mass is 16.5. The van der Waals surface area contributed by atoms with Crippen molar-refractivity contribution in [3.63, 3.8) is 0 Å². The quantitative estimate of drug-likeness (QED) is 0.742. The Balaban J connectivity index is 1.72. The molecule has 0 fully saturated rings. The Kier molecular flexibility index (Phi) is 6.87. The van der Waals surface area contributed by atoms with Gasteiger partial charge in [0.05, 0.1) is 7.11 Å². The molecule has 0 aliphatic carbocycles. The van der Waals surface area contributed by atoms with Gasteiger partial charge in [-0.05, 0) is 74.6 Å². The second-order valence-corrected chi connectivity index (χ2v) is 6.25. The highest BCUT2D eigenvalue weighted by molar-refractivity contribution is 5.80. The average Bonchev–Trinajstić information content (AvgIpc) is 2.62. The van der Waals surface area contributed by atoms with Gasteiger partial charge in [-0.2, -0.15) is 0 Å². The molecule has 2 aromatic rings. The van der Waals surface area contributed by atoms with E-state index in [-0.39, 0.29) is 5.91 Å². The fraction of sp³-hybridized carbons (Fsp3) is 0.381. The number of carbonyl (C=O) groups is 1. The van der Waals surface area contributed by atoms with Crippen molar-refractivity contribution in [2.24, 2.45) is 0 Å². The molecule has 0 aromatic heterocycles. The van der Waals surface area contributed by atoms with Crippen LogP contribution in [0.1, 0.15) is 30.0 Å². The summed E-state index contributed by atoms with van der Waals surface area (Å²) >= 11 is 0. The Morgan fingerprint density at radius 1 is 1.04 bits per heavy atom. The lowest BCUT2D eigenvalue weighted by Gasteiger charge is -2.15. The van der Waals surface area contributed by atoms with Crippen molar-refractivity contribution in [2.45, 2.75) is 39.7 Å². The minimum absolute atomic E-state index is 0.0899. The Bertz CT molecular complexity index is 695. The van der Waals surface area contributed by atoms with Crippen LogP contribution in [0, 0.1) is 13.8 Å².